The molecule has 0 saturated heterocycles. The molecule has 7 aromatic rings. The minimum atomic E-state index is -3.92. The molecule has 1 amide bonds. The Kier molecular flexibility index (Phi) is 10.5. The zero-order valence-electron chi connectivity index (χ0n) is 34.9. The van der Waals surface area contributed by atoms with Crippen LogP contribution in [-0.4, -0.2) is 59.7 Å². The largest absolute Gasteiger partial charge is 0.344 e. The summed E-state index contributed by atoms with van der Waals surface area (Å²) in [4.78, 5) is 43.7. The molecule has 0 bridgehead atoms. The third-order valence-corrected chi connectivity index (χ3v) is 13.4. The molecule has 2 N–H and O–H groups in total. The molecule has 4 aromatic heterocycles. The van der Waals surface area contributed by atoms with Crippen LogP contribution in [0.25, 0.3) is 38.8 Å². The van der Waals surface area contributed by atoms with E-state index in [2.05, 4.69) is 25.2 Å². The van der Waals surface area contributed by atoms with Crippen molar-refractivity contribution in [1.82, 2.24) is 44.4 Å². The number of hydrogen-bond donors (Lipinski definition) is 2. The summed E-state index contributed by atoms with van der Waals surface area (Å²) >= 11 is 6.67. The van der Waals surface area contributed by atoms with Gasteiger partial charge in [0.05, 0.1) is 50.5 Å². The van der Waals surface area contributed by atoms with E-state index >= 15 is 13.6 Å². The van der Waals surface area contributed by atoms with Crippen molar-refractivity contribution in [1.29, 1.82) is 0 Å². The zero-order chi connectivity index (χ0) is 46.6. The van der Waals surface area contributed by atoms with Crippen molar-refractivity contribution in [3.05, 3.63) is 122 Å². The van der Waals surface area contributed by atoms with Gasteiger partial charge < -0.3 is 5.32 Å². The van der Waals surface area contributed by atoms with Crippen LogP contribution in [0.4, 0.5) is 32.2 Å². The van der Waals surface area contributed by atoms with Crippen LogP contribution in [0, 0.1) is 17.6 Å². The van der Waals surface area contributed by atoms with Gasteiger partial charge in [-0.2, -0.15) is 19.0 Å². The molecular formula is C44H37ClF6N10O4S. The normalized spacial score (nSPS) is 18.3. The number of nitrogens with zero attached hydrogens (tertiary/aromatic N) is 8. The predicted molar refractivity (Wildman–Crippen MR) is 230 cm³/mol. The standard InChI is InChI=1S/C44H37ClF6N10O4S/c1-59-37-32(10-9-28(45)35(37)41(57-59)58-66(2,64)65)61-42(55-30-16-22(7-8-25(30)43(61)63)29-11-12-52-40(54-29)21-5-3-4-6-21)31(15-20-13-23(46)17-24(47)14-20)53-33(62)19-60-38-34(36(56-60)39(48)49)26-18-27(26)44(38,50)51/h7-14,16-17,21,26-27,31,39H,3-6,15,18-19H2,1-2H3,(H,53,62)(H,57,58)/t26-,27+,31-/m0/s1. The van der Waals surface area contributed by atoms with Gasteiger partial charge in [-0.25, -0.2) is 40.9 Å². The van der Waals surface area contributed by atoms with Gasteiger partial charge in [-0.1, -0.05) is 30.5 Å². The first-order valence-electron chi connectivity index (χ1n) is 20.9. The number of sulfonamides is 1. The lowest BCUT2D eigenvalue weighted by Crippen LogP contribution is -2.38. The molecule has 2 fully saturated rings. The van der Waals surface area contributed by atoms with E-state index in [-0.39, 0.29) is 67.6 Å². The summed E-state index contributed by atoms with van der Waals surface area (Å²) in [5.74, 6) is -8.16. The third kappa shape index (κ3) is 7.64. The first-order valence-corrected chi connectivity index (χ1v) is 23.2. The van der Waals surface area contributed by atoms with Crippen LogP contribution in [0.15, 0.2) is 65.6 Å². The minimum absolute atomic E-state index is 0.00387. The van der Waals surface area contributed by atoms with Crippen molar-refractivity contribution < 1.29 is 39.6 Å². The molecule has 0 aliphatic heterocycles. The lowest BCUT2D eigenvalue weighted by Gasteiger charge is -2.24. The lowest BCUT2D eigenvalue weighted by molar-refractivity contribution is -0.123. The highest BCUT2D eigenvalue weighted by atomic mass is 35.5. The Morgan fingerprint density at radius 1 is 1.00 bits per heavy atom. The van der Waals surface area contributed by atoms with E-state index in [1.807, 2.05) is 0 Å². The first kappa shape index (κ1) is 43.5. The molecule has 0 unspecified atom stereocenters. The van der Waals surface area contributed by atoms with Gasteiger partial charge >= 0.3 is 0 Å². The second-order valence-electron chi connectivity index (χ2n) is 17.0. The summed E-state index contributed by atoms with van der Waals surface area (Å²) in [6.07, 6.45) is 2.86. The Hall–Kier alpha value is -6.35. The monoisotopic (exact) mass is 950 g/mol. The number of benzene rings is 3. The maximum absolute atomic E-state index is 15.6. The highest BCUT2D eigenvalue weighted by molar-refractivity contribution is 7.92. The second-order valence-corrected chi connectivity index (χ2v) is 19.2. The molecule has 10 rings (SSSR count). The van der Waals surface area contributed by atoms with Crippen LogP contribution in [0.1, 0.15) is 90.6 Å². The molecule has 0 radical (unpaired) electrons. The van der Waals surface area contributed by atoms with Crippen LogP contribution in [0.2, 0.25) is 5.02 Å². The third-order valence-electron chi connectivity index (χ3n) is 12.5. The summed E-state index contributed by atoms with van der Waals surface area (Å²) in [5.41, 5.74) is -1.36. The number of hydrogen-bond acceptors (Lipinski definition) is 9. The summed E-state index contributed by atoms with van der Waals surface area (Å²) < 4.78 is 119. The van der Waals surface area contributed by atoms with Gasteiger partial charge in [0.2, 0.25) is 15.9 Å². The molecule has 3 atom stereocenters. The molecule has 22 heteroatoms. The van der Waals surface area contributed by atoms with Gasteiger partial charge in [-0.05, 0) is 73.2 Å². The maximum Gasteiger partial charge on any atom is 0.293 e. The molecule has 3 aliphatic rings. The number of halogens is 7. The highest BCUT2D eigenvalue weighted by Gasteiger charge is 2.67. The fourth-order valence-corrected chi connectivity index (χ4v) is 10.4. The van der Waals surface area contributed by atoms with E-state index in [1.54, 1.807) is 24.4 Å². The Labute approximate surface area is 376 Å². The second kappa shape index (κ2) is 15.9. The van der Waals surface area contributed by atoms with Crippen molar-refractivity contribution in [3.63, 3.8) is 0 Å². The number of nitrogens with one attached hydrogen (secondary N) is 2. The topological polar surface area (TPSA) is 172 Å². The molecule has 3 aromatic carbocycles. The highest BCUT2D eigenvalue weighted by Crippen LogP contribution is 2.68. The van der Waals surface area contributed by atoms with E-state index in [9.17, 15) is 30.8 Å². The van der Waals surface area contributed by atoms with Gasteiger partial charge in [0.1, 0.15) is 41.2 Å². The Morgan fingerprint density at radius 2 is 1.74 bits per heavy atom. The Morgan fingerprint density at radius 3 is 2.45 bits per heavy atom. The summed E-state index contributed by atoms with van der Waals surface area (Å²) in [7, 11) is -2.45. The number of carbonyl (C=O) groups excluding carboxylic acids is 1. The van der Waals surface area contributed by atoms with Crippen LogP contribution in [0.5, 0.6) is 0 Å². The van der Waals surface area contributed by atoms with Crippen molar-refractivity contribution in [2.45, 2.75) is 75.3 Å². The van der Waals surface area contributed by atoms with Gasteiger partial charge in [-0.15, -0.1) is 0 Å². The average molecular weight is 951 g/mol. The summed E-state index contributed by atoms with van der Waals surface area (Å²) in [6, 6.07) is 10.4. The van der Waals surface area contributed by atoms with Gasteiger partial charge in [-0.3, -0.25) is 28.2 Å². The van der Waals surface area contributed by atoms with Gasteiger partial charge in [0, 0.05) is 48.7 Å². The first-order chi connectivity index (χ1) is 31.4. The van der Waals surface area contributed by atoms with Crippen LogP contribution < -0.4 is 15.6 Å². The molecule has 14 nitrogen and oxygen atoms in total. The smallest absolute Gasteiger partial charge is 0.293 e. The van der Waals surface area contributed by atoms with E-state index in [1.165, 1.54) is 29.9 Å². The minimum Gasteiger partial charge on any atom is -0.344 e. The van der Waals surface area contributed by atoms with Crippen molar-refractivity contribution in [2.75, 3.05) is 11.0 Å². The van der Waals surface area contributed by atoms with Crippen molar-refractivity contribution in [2.24, 2.45) is 13.0 Å². The molecule has 4 heterocycles. The van der Waals surface area contributed by atoms with Crippen LogP contribution in [-0.2, 0) is 40.8 Å². The number of alkyl halides is 4. The zero-order valence-corrected chi connectivity index (χ0v) is 36.4. The maximum atomic E-state index is 15.6. The number of fused-ring (bicyclic) bond motifs is 5. The Balaban J connectivity index is 1.17. The van der Waals surface area contributed by atoms with E-state index in [0.717, 1.165) is 48.6 Å². The predicted octanol–water partition coefficient (Wildman–Crippen LogP) is 8.13. The molecule has 2 saturated carbocycles. The number of amides is 1. The van der Waals surface area contributed by atoms with Crippen molar-refractivity contribution >= 4 is 55.2 Å². The number of anilines is 1. The molecule has 0 spiro atoms. The Bertz CT molecular complexity index is 3320. The van der Waals surface area contributed by atoms with Crippen molar-refractivity contribution in [3.8, 4) is 16.9 Å². The number of rotatable bonds is 12. The molecule has 342 valence electrons. The number of carbonyl (C=O) groups is 1. The molecule has 3 aliphatic carbocycles. The summed E-state index contributed by atoms with van der Waals surface area (Å²) in [6.45, 7) is -0.982. The van der Waals surface area contributed by atoms with Crippen LogP contribution >= 0.6 is 11.6 Å². The number of aryl methyl sites for hydroxylation is 1. The van der Waals surface area contributed by atoms with Gasteiger partial charge in [0.15, 0.2) is 5.82 Å². The average Bonchev–Trinajstić information content (AvgIpc) is 3.48. The van der Waals surface area contributed by atoms with E-state index in [4.69, 9.17) is 21.6 Å². The molecule has 66 heavy (non-hydrogen) atoms. The van der Waals surface area contributed by atoms with E-state index in [0.29, 0.717) is 27.8 Å². The van der Waals surface area contributed by atoms with Crippen LogP contribution in [0.3, 0.4) is 0 Å². The summed E-state index contributed by atoms with van der Waals surface area (Å²) in [5, 5.41) is 11.0. The van der Waals surface area contributed by atoms with E-state index < -0.39 is 87.7 Å². The fourth-order valence-electron chi connectivity index (χ4n) is 9.65. The quantitative estimate of drug-likeness (QED) is 0.115. The van der Waals surface area contributed by atoms with Gasteiger partial charge in [0.25, 0.3) is 17.9 Å². The lowest BCUT2D eigenvalue weighted by atomic mass is 10.0. The fraction of sp³-hybridized carbons (Fsp3) is 0.341. The SMILES string of the molecule is Cn1nc(NS(C)(=O)=O)c2c(Cl)ccc(-n3c([C@H](Cc4cc(F)cc(F)c4)NC(=O)Cn4nc(C(F)F)c5c4C(F)(F)[C@@H]4C[C@H]54)nc4cc(-c5ccnc(C6CCCC6)n5)ccc4c3=O)c21. The number of aromatic nitrogens is 8. The molecular weight excluding hydrogens is 914 g/mol.